The Morgan fingerprint density at radius 2 is 2.00 bits per heavy atom. The fraction of sp³-hybridized carbons (Fsp3) is 0.333. The lowest BCUT2D eigenvalue weighted by Crippen LogP contribution is -2.21. The van der Waals surface area contributed by atoms with Crippen LogP contribution in [0.1, 0.15) is 11.6 Å². The van der Waals surface area contributed by atoms with Gasteiger partial charge in [0.1, 0.15) is 0 Å². The first-order valence-electron chi connectivity index (χ1n) is 4.06. The number of nitrogens with one attached hydrogen (secondary N) is 1. The van der Waals surface area contributed by atoms with E-state index in [1.54, 1.807) is 0 Å². The van der Waals surface area contributed by atoms with Crippen LogP contribution < -0.4 is 5.32 Å². The third kappa shape index (κ3) is 1.83. The summed E-state index contributed by atoms with van der Waals surface area (Å²) in [4.78, 5) is 0. The van der Waals surface area contributed by atoms with Gasteiger partial charge in [-0.25, -0.2) is 4.39 Å². The van der Waals surface area contributed by atoms with Gasteiger partial charge in [0.05, 0.1) is 12.6 Å². The molecule has 5 heteroatoms. The number of likely N-dealkylation sites (N-methyl/N-ethyl adjacent to an activating group) is 1. The second-order valence-electron chi connectivity index (χ2n) is 2.83. The lowest BCUT2D eigenvalue weighted by atomic mass is 10.1. The molecule has 0 saturated heterocycles. The van der Waals surface area contributed by atoms with Crippen LogP contribution in [0.4, 0.5) is 8.78 Å². The zero-order valence-corrected chi connectivity index (χ0v) is 7.59. The van der Waals surface area contributed by atoms with Crippen molar-refractivity contribution in [3.05, 3.63) is 29.3 Å². The summed E-state index contributed by atoms with van der Waals surface area (Å²) in [7, 11) is 1.52. The molecule has 0 fully saturated rings. The SMILES string of the molecule is CNC(CO)c1ccc(O)c(F)c1F. The van der Waals surface area contributed by atoms with Crippen molar-refractivity contribution in [3.63, 3.8) is 0 Å². The van der Waals surface area contributed by atoms with E-state index in [4.69, 9.17) is 10.2 Å². The summed E-state index contributed by atoms with van der Waals surface area (Å²) in [6.45, 7) is -0.350. The molecule has 14 heavy (non-hydrogen) atoms. The second kappa shape index (κ2) is 4.34. The number of benzene rings is 1. The maximum Gasteiger partial charge on any atom is 0.200 e. The Labute approximate surface area is 80.0 Å². The first-order chi connectivity index (χ1) is 6.61. The van der Waals surface area contributed by atoms with E-state index in [2.05, 4.69) is 5.32 Å². The number of rotatable bonds is 3. The number of hydrogen-bond donors (Lipinski definition) is 3. The van der Waals surface area contributed by atoms with Crippen molar-refractivity contribution in [1.29, 1.82) is 0 Å². The molecular formula is C9H11F2NO2. The lowest BCUT2D eigenvalue weighted by molar-refractivity contribution is 0.246. The molecule has 0 spiro atoms. The quantitative estimate of drug-likeness (QED) is 0.684. The summed E-state index contributed by atoms with van der Waals surface area (Å²) in [6, 6.07) is 1.60. The largest absolute Gasteiger partial charge is 0.505 e. The van der Waals surface area contributed by atoms with Crippen LogP contribution in [-0.2, 0) is 0 Å². The Bertz CT molecular complexity index is 327. The van der Waals surface area contributed by atoms with E-state index in [1.165, 1.54) is 13.1 Å². The van der Waals surface area contributed by atoms with Crippen LogP contribution in [-0.4, -0.2) is 23.9 Å². The number of aliphatic hydroxyl groups is 1. The molecular weight excluding hydrogens is 192 g/mol. The average Bonchev–Trinajstić information content (AvgIpc) is 2.19. The molecule has 1 aromatic carbocycles. The molecule has 0 aliphatic rings. The van der Waals surface area contributed by atoms with E-state index in [0.717, 1.165) is 6.07 Å². The monoisotopic (exact) mass is 203 g/mol. The van der Waals surface area contributed by atoms with Gasteiger partial charge < -0.3 is 15.5 Å². The van der Waals surface area contributed by atoms with E-state index in [9.17, 15) is 8.78 Å². The van der Waals surface area contributed by atoms with Crippen molar-refractivity contribution in [2.75, 3.05) is 13.7 Å². The zero-order valence-electron chi connectivity index (χ0n) is 7.59. The molecule has 0 aliphatic heterocycles. The Kier molecular flexibility index (Phi) is 3.38. The summed E-state index contributed by atoms with van der Waals surface area (Å²) in [5.74, 6) is -3.17. The third-order valence-electron chi connectivity index (χ3n) is 2.00. The molecule has 1 aromatic rings. The van der Waals surface area contributed by atoms with Crippen LogP contribution in [0.25, 0.3) is 0 Å². The number of phenols is 1. The standard InChI is InChI=1S/C9H11F2NO2/c1-12-6(4-13)5-2-3-7(14)9(11)8(5)10/h2-3,6,12-14H,4H2,1H3. The fourth-order valence-electron chi connectivity index (χ4n) is 1.17. The topological polar surface area (TPSA) is 52.5 Å². The number of halogens is 2. The van der Waals surface area contributed by atoms with E-state index >= 15 is 0 Å². The molecule has 0 aliphatic carbocycles. The van der Waals surface area contributed by atoms with Crippen LogP contribution in [0.15, 0.2) is 12.1 Å². The van der Waals surface area contributed by atoms with Crippen LogP contribution in [0.3, 0.4) is 0 Å². The molecule has 3 N–H and O–H groups in total. The van der Waals surface area contributed by atoms with Crippen LogP contribution in [0, 0.1) is 11.6 Å². The van der Waals surface area contributed by atoms with Crippen molar-refractivity contribution in [3.8, 4) is 5.75 Å². The highest BCUT2D eigenvalue weighted by Crippen LogP contribution is 2.25. The molecule has 0 radical (unpaired) electrons. The summed E-state index contributed by atoms with van der Waals surface area (Å²) < 4.78 is 26.1. The van der Waals surface area contributed by atoms with E-state index in [0.29, 0.717) is 0 Å². The van der Waals surface area contributed by atoms with Gasteiger partial charge in [-0.2, -0.15) is 4.39 Å². The number of hydrogen-bond acceptors (Lipinski definition) is 3. The van der Waals surface area contributed by atoms with Crippen LogP contribution >= 0.6 is 0 Å². The van der Waals surface area contributed by atoms with Crippen molar-refractivity contribution in [2.24, 2.45) is 0 Å². The maximum absolute atomic E-state index is 13.2. The van der Waals surface area contributed by atoms with Gasteiger partial charge in [0.15, 0.2) is 11.6 Å². The molecule has 0 aromatic heterocycles. The minimum atomic E-state index is -1.30. The first kappa shape index (κ1) is 10.9. The van der Waals surface area contributed by atoms with Crippen LogP contribution in [0.5, 0.6) is 5.75 Å². The van der Waals surface area contributed by atoms with Gasteiger partial charge in [-0.05, 0) is 13.1 Å². The molecule has 1 rings (SSSR count). The van der Waals surface area contributed by atoms with Crippen LogP contribution in [0.2, 0.25) is 0 Å². The summed E-state index contributed by atoms with van der Waals surface area (Å²) in [5, 5.41) is 20.3. The molecule has 1 atom stereocenters. The molecule has 78 valence electrons. The predicted molar refractivity (Wildman–Crippen MR) is 46.9 cm³/mol. The molecule has 0 saturated carbocycles. The van der Waals surface area contributed by atoms with Gasteiger partial charge in [-0.15, -0.1) is 0 Å². The van der Waals surface area contributed by atoms with Crippen molar-refractivity contribution < 1.29 is 19.0 Å². The normalized spacial score (nSPS) is 12.9. The summed E-state index contributed by atoms with van der Waals surface area (Å²) in [6.07, 6.45) is 0. The Balaban J connectivity index is 3.16. The van der Waals surface area contributed by atoms with Gasteiger partial charge in [-0.3, -0.25) is 0 Å². The zero-order chi connectivity index (χ0) is 10.7. The number of aromatic hydroxyl groups is 1. The van der Waals surface area contributed by atoms with Gasteiger partial charge in [0.25, 0.3) is 0 Å². The number of phenolic OH excluding ortho intramolecular Hbond substituents is 1. The van der Waals surface area contributed by atoms with E-state index < -0.39 is 23.4 Å². The maximum atomic E-state index is 13.2. The Morgan fingerprint density at radius 3 is 2.50 bits per heavy atom. The Hall–Kier alpha value is -1.20. The predicted octanol–water partition coefficient (Wildman–Crippen LogP) is 0.923. The van der Waals surface area contributed by atoms with Gasteiger partial charge >= 0.3 is 0 Å². The summed E-state index contributed by atoms with van der Waals surface area (Å²) >= 11 is 0. The Morgan fingerprint density at radius 1 is 1.36 bits per heavy atom. The third-order valence-corrected chi connectivity index (χ3v) is 2.00. The van der Waals surface area contributed by atoms with Gasteiger partial charge in [0.2, 0.25) is 5.82 Å². The molecule has 3 nitrogen and oxygen atoms in total. The molecule has 0 amide bonds. The van der Waals surface area contributed by atoms with Gasteiger partial charge in [-0.1, -0.05) is 6.07 Å². The average molecular weight is 203 g/mol. The van der Waals surface area contributed by atoms with E-state index in [1.807, 2.05) is 0 Å². The van der Waals surface area contributed by atoms with Crippen molar-refractivity contribution in [1.82, 2.24) is 5.32 Å². The highest BCUT2D eigenvalue weighted by atomic mass is 19.2. The number of aliphatic hydroxyl groups excluding tert-OH is 1. The fourth-order valence-corrected chi connectivity index (χ4v) is 1.17. The second-order valence-corrected chi connectivity index (χ2v) is 2.83. The smallest absolute Gasteiger partial charge is 0.200 e. The van der Waals surface area contributed by atoms with E-state index in [-0.39, 0.29) is 12.2 Å². The van der Waals surface area contributed by atoms with Crippen molar-refractivity contribution >= 4 is 0 Å². The lowest BCUT2D eigenvalue weighted by Gasteiger charge is -2.14. The highest BCUT2D eigenvalue weighted by Gasteiger charge is 2.18. The van der Waals surface area contributed by atoms with Crippen molar-refractivity contribution in [2.45, 2.75) is 6.04 Å². The van der Waals surface area contributed by atoms with Gasteiger partial charge in [0, 0.05) is 5.56 Å². The first-order valence-corrected chi connectivity index (χ1v) is 4.06. The highest BCUT2D eigenvalue weighted by molar-refractivity contribution is 5.31. The molecule has 0 bridgehead atoms. The summed E-state index contributed by atoms with van der Waals surface area (Å²) in [5.41, 5.74) is -0.00898. The minimum absolute atomic E-state index is 0.00898. The minimum Gasteiger partial charge on any atom is -0.505 e. The molecule has 0 heterocycles. The molecule has 1 unspecified atom stereocenters.